The minimum absolute atomic E-state index is 0.485. The number of hydrogen-bond acceptors (Lipinski definition) is 3. The molecular weight excluding hydrogens is 250 g/mol. The number of rotatable bonds is 5. The second-order valence-electron chi connectivity index (χ2n) is 5.81. The predicted octanol–water partition coefficient (Wildman–Crippen LogP) is 3.38. The highest BCUT2D eigenvalue weighted by molar-refractivity contribution is 5.35. The zero-order chi connectivity index (χ0) is 14.5. The maximum absolute atomic E-state index is 10.6. The van der Waals surface area contributed by atoms with Crippen molar-refractivity contribution >= 4 is 0 Å². The van der Waals surface area contributed by atoms with E-state index in [1.54, 1.807) is 0 Å². The molecular formula is C17H27NO2. The number of para-hydroxylation sites is 1. The van der Waals surface area contributed by atoms with Gasteiger partial charge in [0.2, 0.25) is 0 Å². The molecule has 1 heterocycles. The van der Waals surface area contributed by atoms with Gasteiger partial charge in [0, 0.05) is 24.2 Å². The number of benzene rings is 1. The summed E-state index contributed by atoms with van der Waals surface area (Å²) < 4.78 is 5.62. The number of aliphatic hydroxyl groups excluding tert-OH is 1. The lowest BCUT2D eigenvalue weighted by Gasteiger charge is -2.40. The Hall–Kier alpha value is -1.06. The first-order chi connectivity index (χ1) is 9.63. The maximum Gasteiger partial charge on any atom is 0.125 e. The first-order valence-electron chi connectivity index (χ1n) is 7.79. The van der Waals surface area contributed by atoms with E-state index in [2.05, 4.69) is 18.7 Å². The lowest BCUT2D eigenvalue weighted by atomic mass is 9.96. The molecule has 0 saturated carbocycles. The standard InChI is InChI=1S/C17H27NO2/c1-4-20-17-11-6-5-10-15(17)16(19)12-18-13(2)8-7-9-14(18)3/h5-6,10-11,13-14,16,19H,4,7-9,12H2,1-3H3. The number of hydrogen-bond donors (Lipinski definition) is 1. The number of β-amino-alcohol motifs (C(OH)–C–C–N with tert-alkyl or cyclic N) is 1. The molecule has 1 aromatic rings. The summed E-state index contributed by atoms with van der Waals surface area (Å²) in [6, 6.07) is 8.91. The summed E-state index contributed by atoms with van der Waals surface area (Å²) in [5.41, 5.74) is 0.902. The average molecular weight is 277 g/mol. The second kappa shape index (κ2) is 7.09. The number of ether oxygens (including phenoxy) is 1. The molecule has 2 rings (SSSR count). The van der Waals surface area contributed by atoms with E-state index in [4.69, 9.17) is 4.74 Å². The van der Waals surface area contributed by atoms with E-state index in [0.717, 1.165) is 11.3 Å². The van der Waals surface area contributed by atoms with Crippen molar-refractivity contribution in [3.63, 3.8) is 0 Å². The van der Waals surface area contributed by atoms with Gasteiger partial charge in [-0.15, -0.1) is 0 Å². The zero-order valence-corrected chi connectivity index (χ0v) is 12.9. The van der Waals surface area contributed by atoms with Gasteiger partial charge in [-0.05, 0) is 39.7 Å². The van der Waals surface area contributed by atoms with Crippen molar-refractivity contribution in [2.24, 2.45) is 0 Å². The fourth-order valence-corrected chi connectivity index (χ4v) is 3.18. The van der Waals surface area contributed by atoms with Crippen molar-refractivity contribution in [3.8, 4) is 5.75 Å². The van der Waals surface area contributed by atoms with Crippen LogP contribution >= 0.6 is 0 Å². The van der Waals surface area contributed by atoms with Crippen LogP contribution in [-0.4, -0.2) is 35.2 Å². The molecule has 0 spiro atoms. The molecule has 1 saturated heterocycles. The normalized spacial score (nSPS) is 25.4. The molecule has 3 atom stereocenters. The third-order valence-electron chi connectivity index (χ3n) is 4.34. The molecule has 1 aliphatic rings. The average Bonchev–Trinajstić information content (AvgIpc) is 2.44. The summed E-state index contributed by atoms with van der Waals surface area (Å²) >= 11 is 0. The molecule has 1 N–H and O–H groups in total. The number of likely N-dealkylation sites (tertiary alicyclic amines) is 1. The number of piperidine rings is 1. The highest BCUT2D eigenvalue weighted by Gasteiger charge is 2.27. The molecule has 3 heteroatoms. The van der Waals surface area contributed by atoms with E-state index < -0.39 is 6.10 Å². The quantitative estimate of drug-likeness (QED) is 0.895. The van der Waals surface area contributed by atoms with Crippen molar-refractivity contribution in [1.29, 1.82) is 0 Å². The van der Waals surface area contributed by atoms with Crippen LogP contribution in [0.1, 0.15) is 51.7 Å². The fraction of sp³-hybridized carbons (Fsp3) is 0.647. The molecule has 20 heavy (non-hydrogen) atoms. The van der Waals surface area contributed by atoms with Crippen molar-refractivity contribution in [2.45, 2.75) is 58.2 Å². The van der Waals surface area contributed by atoms with Gasteiger partial charge in [-0.3, -0.25) is 4.90 Å². The van der Waals surface area contributed by atoms with Crippen molar-refractivity contribution in [3.05, 3.63) is 29.8 Å². The highest BCUT2D eigenvalue weighted by atomic mass is 16.5. The maximum atomic E-state index is 10.6. The summed E-state index contributed by atoms with van der Waals surface area (Å²) in [7, 11) is 0. The molecule has 0 radical (unpaired) electrons. The smallest absolute Gasteiger partial charge is 0.125 e. The van der Waals surface area contributed by atoms with Crippen LogP contribution in [0.3, 0.4) is 0 Å². The monoisotopic (exact) mass is 277 g/mol. The van der Waals surface area contributed by atoms with Crippen molar-refractivity contribution in [1.82, 2.24) is 4.90 Å². The Labute approximate surface area is 122 Å². The van der Waals surface area contributed by atoms with Crippen molar-refractivity contribution in [2.75, 3.05) is 13.2 Å². The predicted molar refractivity (Wildman–Crippen MR) is 82.1 cm³/mol. The van der Waals surface area contributed by atoms with Crippen LogP contribution in [0.5, 0.6) is 5.75 Å². The van der Waals surface area contributed by atoms with Crippen LogP contribution in [0.25, 0.3) is 0 Å². The van der Waals surface area contributed by atoms with Crippen LogP contribution in [-0.2, 0) is 0 Å². The Kier molecular flexibility index (Phi) is 5.44. The van der Waals surface area contributed by atoms with Crippen molar-refractivity contribution < 1.29 is 9.84 Å². The van der Waals surface area contributed by atoms with Gasteiger partial charge in [-0.2, -0.15) is 0 Å². The van der Waals surface area contributed by atoms with E-state index in [9.17, 15) is 5.11 Å². The van der Waals surface area contributed by atoms with Crippen LogP contribution < -0.4 is 4.74 Å². The largest absolute Gasteiger partial charge is 0.493 e. The summed E-state index contributed by atoms with van der Waals surface area (Å²) in [6.07, 6.45) is 3.26. The van der Waals surface area contributed by atoms with Gasteiger partial charge in [0.25, 0.3) is 0 Å². The molecule has 1 aliphatic heterocycles. The SMILES string of the molecule is CCOc1ccccc1C(O)CN1C(C)CCCC1C. The molecule has 3 unspecified atom stereocenters. The van der Waals surface area contributed by atoms with E-state index in [1.165, 1.54) is 19.3 Å². The fourth-order valence-electron chi connectivity index (χ4n) is 3.18. The molecule has 0 aliphatic carbocycles. The molecule has 112 valence electrons. The first-order valence-corrected chi connectivity index (χ1v) is 7.79. The second-order valence-corrected chi connectivity index (χ2v) is 5.81. The van der Waals surface area contributed by atoms with Gasteiger partial charge >= 0.3 is 0 Å². The van der Waals surface area contributed by atoms with Crippen LogP contribution in [0.4, 0.5) is 0 Å². The van der Waals surface area contributed by atoms with Crippen LogP contribution in [0.15, 0.2) is 24.3 Å². The van der Waals surface area contributed by atoms with E-state index >= 15 is 0 Å². The molecule has 0 amide bonds. The zero-order valence-electron chi connectivity index (χ0n) is 12.9. The number of aliphatic hydroxyl groups is 1. The summed E-state index contributed by atoms with van der Waals surface area (Å²) in [5, 5.41) is 10.6. The van der Waals surface area contributed by atoms with E-state index in [1.807, 2.05) is 31.2 Å². The molecule has 1 aromatic carbocycles. The van der Waals surface area contributed by atoms with E-state index in [0.29, 0.717) is 25.2 Å². The highest BCUT2D eigenvalue weighted by Crippen LogP contribution is 2.29. The Bertz CT molecular complexity index is 411. The lowest BCUT2D eigenvalue weighted by molar-refractivity contribution is 0.0400. The number of nitrogens with zero attached hydrogens (tertiary/aromatic N) is 1. The van der Waals surface area contributed by atoms with Gasteiger partial charge in [0.1, 0.15) is 5.75 Å². The summed E-state index contributed by atoms with van der Waals surface area (Å²) in [6.45, 7) is 7.80. The van der Waals surface area contributed by atoms with Gasteiger partial charge in [-0.1, -0.05) is 24.6 Å². The summed E-state index contributed by atoms with van der Waals surface area (Å²) in [4.78, 5) is 2.43. The molecule has 0 bridgehead atoms. The molecule has 3 nitrogen and oxygen atoms in total. The minimum atomic E-state index is -0.485. The first kappa shape index (κ1) is 15.3. The molecule has 0 aromatic heterocycles. The lowest BCUT2D eigenvalue weighted by Crippen LogP contribution is -2.45. The Morgan fingerprint density at radius 1 is 1.25 bits per heavy atom. The topological polar surface area (TPSA) is 32.7 Å². The van der Waals surface area contributed by atoms with Gasteiger partial charge in [0.05, 0.1) is 12.7 Å². The molecule has 1 fully saturated rings. The van der Waals surface area contributed by atoms with Crippen LogP contribution in [0, 0.1) is 0 Å². The van der Waals surface area contributed by atoms with Gasteiger partial charge in [-0.25, -0.2) is 0 Å². The Morgan fingerprint density at radius 3 is 2.55 bits per heavy atom. The minimum Gasteiger partial charge on any atom is -0.493 e. The Morgan fingerprint density at radius 2 is 1.90 bits per heavy atom. The Balaban J connectivity index is 2.09. The third kappa shape index (κ3) is 3.53. The van der Waals surface area contributed by atoms with Gasteiger partial charge in [0.15, 0.2) is 0 Å². The van der Waals surface area contributed by atoms with Gasteiger partial charge < -0.3 is 9.84 Å². The van der Waals surface area contributed by atoms with Crippen LogP contribution in [0.2, 0.25) is 0 Å². The third-order valence-corrected chi connectivity index (χ3v) is 4.34. The van der Waals surface area contributed by atoms with E-state index in [-0.39, 0.29) is 0 Å². The summed E-state index contributed by atoms with van der Waals surface area (Å²) in [5.74, 6) is 0.805.